The number of phenols is 1. The molecule has 15 heavy (non-hydrogen) atoms. The smallest absolute Gasteiger partial charge is 0.134 e. The van der Waals surface area contributed by atoms with E-state index in [0.29, 0.717) is 11.0 Å². The molecular weight excluding hydrogens is 258 g/mol. The Labute approximate surface area is 98.6 Å². The second-order valence-corrected chi connectivity index (χ2v) is 4.15. The zero-order valence-electron chi connectivity index (χ0n) is 9.01. The third-order valence-electron chi connectivity index (χ3n) is 2.09. The van der Waals surface area contributed by atoms with Crippen molar-refractivity contribution in [2.75, 3.05) is 13.7 Å². The predicted molar refractivity (Wildman–Crippen MR) is 64.4 cm³/mol. The molecule has 84 valence electrons. The molecule has 0 fully saturated rings. The molecule has 0 radical (unpaired) electrons. The maximum Gasteiger partial charge on any atom is 0.134 e. The van der Waals surface area contributed by atoms with E-state index in [4.69, 9.17) is 4.74 Å². The molecule has 0 saturated heterocycles. The van der Waals surface area contributed by atoms with Gasteiger partial charge in [-0.15, -0.1) is 0 Å². The number of ether oxygens (including phenoxy) is 1. The summed E-state index contributed by atoms with van der Waals surface area (Å²) in [6, 6.07) is 3.58. The van der Waals surface area contributed by atoms with Crippen molar-refractivity contribution in [2.24, 2.45) is 0 Å². The topological polar surface area (TPSA) is 41.5 Å². The first-order chi connectivity index (χ1) is 7.19. The van der Waals surface area contributed by atoms with Gasteiger partial charge in [0.15, 0.2) is 0 Å². The van der Waals surface area contributed by atoms with Crippen LogP contribution in [-0.4, -0.2) is 18.8 Å². The van der Waals surface area contributed by atoms with Crippen molar-refractivity contribution >= 4 is 15.9 Å². The van der Waals surface area contributed by atoms with Gasteiger partial charge in [-0.05, 0) is 41.0 Å². The SMILES string of the molecule is CCCNCc1cc(OC)cc(Br)c1O. The fourth-order valence-electron chi connectivity index (χ4n) is 1.28. The maximum atomic E-state index is 9.77. The Bertz CT molecular complexity index is 329. The predicted octanol–water partition coefficient (Wildman–Crippen LogP) is 2.66. The molecule has 0 aliphatic heterocycles. The normalized spacial score (nSPS) is 10.3. The summed E-state index contributed by atoms with van der Waals surface area (Å²) in [7, 11) is 1.61. The van der Waals surface area contributed by atoms with Crippen LogP contribution in [0, 0.1) is 0 Å². The van der Waals surface area contributed by atoms with E-state index in [1.54, 1.807) is 13.2 Å². The van der Waals surface area contributed by atoms with E-state index in [0.717, 1.165) is 24.3 Å². The monoisotopic (exact) mass is 273 g/mol. The Morgan fingerprint density at radius 2 is 2.20 bits per heavy atom. The molecule has 0 bridgehead atoms. The highest BCUT2D eigenvalue weighted by Gasteiger charge is 2.07. The number of nitrogens with one attached hydrogen (secondary N) is 1. The average molecular weight is 274 g/mol. The molecule has 1 rings (SSSR count). The van der Waals surface area contributed by atoms with Crippen LogP contribution in [0.5, 0.6) is 11.5 Å². The van der Waals surface area contributed by atoms with Gasteiger partial charge in [-0.1, -0.05) is 6.92 Å². The average Bonchev–Trinajstić information content (AvgIpc) is 2.24. The van der Waals surface area contributed by atoms with Crippen LogP contribution < -0.4 is 10.1 Å². The highest BCUT2D eigenvalue weighted by atomic mass is 79.9. The lowest BCUT2D eigenvalue weighted by molar-refractivity contribution is 0.409. The summed E-state index contributed by atoms with van der Waals surface area (Å²) >= 11 is 3.29. The molecule has 0 spiro atoms. The second-order valence-electron chi connectivity index (χ2n) is 3.29. The minimum Gasteiger partial charge on any atom is -0.506 e. The first kappa shape index (κ1) is 12.3. The quantitative estimate of drug-likeness (QED) is 0.811. The zero-order valence-corrected chi connectivity index (χ0v) is 10.6. The molecule has 3 nitrogen and oxygen atoms in total. The van der Waals surface area contributed by atoms with Crippen LogP contribution in [0.4, 0.5) is 0 Å². The molecule has 0 amide bonds. The van der Waals surface area contributed by atoms with E-state index >= 15 is 0 Å². The lowest BCUT2D eigenvalue weighted by Gasteiger charge is -2.10. The van der Waals surface area contributed by atoms with Crippen molar-refractivity contribution in [3.05, 3.63) is 22.2 Å². The number of hydrogen-bond donors (Lipinski definition) is 2. The molecule has 0 unspecified atom stereocenters. The van der Waals surface area contributed by atoms with Gasteiger partial charge < -0.3 is 15.2 Å². The van der Waals surface area contributed by atoms with Crippen molar-refractivity contribution in [3.63, 3.8) is 0 Å². The standard InChI is InChI=1S/C11H16BrNO2/c1-3-4-13-7-8-5-9(15-2)6-10(12)11(8)14/h5-6,13-14H,3-4,7H2,1-2H3. The Kier molecular flexibility index (Phi) is 4.91. The van der Waals surface area contributed by atoms with E-state index < -0.39 is 0 Å². The molecule has 0 aromatic heterocycles. The number of aromatic hydroxyl groups is 1. The largest absolute Gasteiger partial charge is 0.506 e. The number of halogens is 1. The van der Waals surface area contributed by atoms with Crippen molar-refractivity contribution in [3.8, 4) is 11.5 Å². The number of hydrogen-bond acceptors (Lipinski definition) is 3. The molecular formula is C11H16BrNO2. The van der Waals surface area contributed by atoms with Gasteiger partial charge in [0.05, 0.1) is 11.6 Å². The number of benzene rings is 1. The van der Waals surface area contributed by atoms with Gasteiger partial charge >= 0.3 is 0 Å². The molecule has 0 aliphatic rings. The molecule has 2 N–H and O–H groups in total. The molecule has 0 saturated carbocycles. The van der Waals surface area contributed by atoms with E-state index in [-0.39, 0.29) is 5.75 Å². The molecule has 1 aromatic carbocycles. The zero-order chi connectivity index (χ0) is 11.3. The summed E-state index contributed by atoms with van der Waals surface area (Å²) in [4.78, 5) is 0. The van der Waals surface area contributed by atoms with E-state index in [1.165, 1.54) is 0 Å². The van der Waals surface area contributed by atoms with Crippen molar-refractivity contribution in [1.29, 1.82) is 0 Å². The lowest BCUT2D eigenvalue weighted by Crippen LogP contribution is -2.14. The van der Waals surface area contributed by atoms with E-state index in [1.807, 2.05) is 6.07 Å². The Morgan fingerprint density at radius 1 is 1.47 bits per heavy atom. The van der Waals surface area contributed by atoms with Crippen LogP contribution in [0.15, 0.2) is 16.6 Å². The van der Waals surface area contributed by atoms with Crippen molar-refractivity contribution < 1.29 is 9.84 Å². The molecule has 0 heterocycles. The number of methoxy groups -OCH3 is 1. The van der Waals surface area contributed by atoms with E-state index in [9.17, 15) is 5.11 Å². The number of phenolic OH excluding ortho intramolecular Hbond substituents is 1. The van der Waals surface area contributed by atoms with Gasteiger partial charge in [-0.25, -0.2) is 0 Å². The highest BCUT2D eigenvalue weighted by Crippen LogP contribution is 2.32. The molecule has 4 heteroatoms. The third-order valence-corrected chi connectivity index (χ3v) is 2.70. The van der Waals surface area contributed by atoms with E-state index in [2.05, 4.69) is 28.2 Å². The summed E-state index contributed by atoms with van der Waals surface area (Å²) < 4.78 is 5.79. The molecule has 1 aromatic rings. The third kappa shape index (κ3) is 3.39. The molecule has 0 atom stereocenters. The first-order valence-electron chi connectivity index (χ1n) is 4.95. The summed E-state index contributed by atoms with van der Waals surface area (Å²) in [5, 5.41) is 13.0. The van der Waals surface area contributed by atoms with Crippen LogP contribution in [0.3, 0.4) is 0 Å². The van der Waals surface area contributed by atoms with Crippen LogP contribution in [-0.2, 0) is 6.54 Å². The maximum absolute atomic E-state index is 9.77. The Morgan fingerprint density at radius 3 is 2.80 bits per heavy atom. The van der Waals surface area contributed by atoms with Crippen LogP contribution >= 0.6 is 15.9 Å². The fourth-order valence-corrected chi connectivity index (χ4v) is 1.76. The fraction of sp³-hybridized carbons (Fsp3) is 0.455. The van der Waals surface area contributed by atoms with Crippen molar-refractivity contribution in [1.82, 2.24) is 5.32 Å². The Balaban J connectivity index is 2.80. The van der Waals surface area contributed by atoms with Gasteiger partial charge in [0.2, 0.25) is 0 Å². The van der Waals surface area contributed by atoms with Gasteiger partial charge in [0.25, 0.3) is 0 Å². The van der Waals surface area contributed by atoms with Crippen LogP contribution in [0.25, 0.3) is 0 Å². The highest BCUT2D eigenvalue weighted by molar-refractivity contribution is 9.10. The van der Waals surface area contributed by atoms with Gasteiger partial charge in [-0.2, -0.15) is 0 Å². The second kappa shape index (κ2) is 5.98. The van der Waals surface area contributed by atoms with Crippen LogP contribution in [0.2, 0.25) is 0 Å². The number of rotatable bonds is 5. The summed E-state index contributed by atoms with van der Waals surface area (Å²) in [6.45, 7) is 3.69. The summed E-state index contributed by atoms with van der Waals surface area (Å²) in [5.41, 5.74) is 0.842. The molecule has 0 aliphatic carbocycles. The summed E-state index contributed by atoms with van der Waals surface area (Å²) in [5.74, 6) is 1.02. The minimum atomic E-state index is 0.277. The Hall–Kier alpha value is -0.740. The lowest BCUT2D eigenvalue weighted by atomic mass is 10.2. The first-order valence-corrected chi connectivity index (χ1v) is 5.74. The van der Waals surface area contributed by atoms with Gasteiger partial charge in [0, 0.05) is 12.1 Å². The van der Waals surface area contributed by atoms with Gasteiger partial charge in [0.1, 0.15) is 11.5 Å². The van der Waals surface area contributed by atoms with Crippen LogP contribution in [0.1, 0.15) is 18.9 Å². The van der Waals surface area contributed by atoms with Crippen molar-refractivity contribution in [2.45, 2.75) is 19.9 Å². The summed E-state index contributed by atoms with van der Waals surface area (Å²) in [6.07, 6.45) is 1.08. The minimum absolute atomic E-state index is 0.277. The van der Waals surface area contributed by atoms with Gasteiger partial charge in [-0.3, -0.25) is 0 Å².